The van der Waals surface area contributed by atoms with Crippen LogP contribution in [0.3, 0.4) is 0 Å². The standard InChI is InChI=1S/C13H18NO/c1-10-6-12-9-14(12,8-10)11-4-3-5-13(7-11)15-2/h3-5,7,10,12H,6,8-9H2,1-2H3/q+1. The predicted molar refractivity (Wildman–Crippen MR) is 62.1 cm³/mol. The number of hydrogen-bond acceptors (Lipinski definition) is 1. The zero-order valence-electron chi connectivity index (χ0n) is 9.44. The minimum atomic E-state index is 0.884. The van der Waals surface area contributed by atoms with Crippen molar-refractivity contribution in [2.24, 2.45) is 5.92 Å². The highest BCUT2D eigenvalue weighted by molar-refractivity contribution is 5.54. The van der Waals surface area contributed by atoms with Crippen LogP contribution >= 0.6 is 0 Å². The number of quaternary nitrogens is 1. The Kier molecular flexibility index (Phi) is 1.84. The summed E-state index contributed by atoms with van der Waals surface area (Å²) >= 11 is 0. The van der Waals surface area contributed by atoms with E-state index < -0.39 is 0 Å². The van der Waals surface area contributed by atoms with Crippen molar-refractivity contribution in [3.05, 3.63) is 24.3 Å². The molecule has 80 valence electrons. The SMILES string of the molecule is COc1cccc([N+]23CC(C)CC2C3)c1. The molecule has 3 atom stereocenters. The second-order valence-electron chi connectivity index (χ2n) is 5.10. The molecule has 3 unspecified atom stereocenters. The lowest BCUT2D eigenvalue weighted by Crippen LogP contribution is -2.27. The highest BCUT2D eigenvalue weighted by Crippen LogP contribution is 2.48. The lowest BCUT2D eigenvalue weighted by Gasteiger charge is -2.17. The molecule has 0 saturated carbocycles. The van der Waals surface area contributed by atoms with Gasteiger partial charge in [-0.15, -0.1) is 0 Å². The first kappa shape index (κ1) is 9.22. The van der Waals surface area contributed by atoms with Crippen LogP contribution in [0.5, 0.6) is 5.75 Å². The van der Waals surface area contributed by atoms with Crippen LogP contribution in [0.25, 0.3) is 0 Å². The minimum absolute atomic E-state index is 0.884. The molecule has 0 amide bonds. The summed E-state index contributed by atoms with van der Waals surface area (Å²) in [5, 5.41) is 0. The zero-order valence-corrected chi connectivity index (χ0v) is 9.44. The maximum atomic E-state index is 5.29. The Morgan fingerprint density at radius 3 is 2.87 bits per heavy atom. The summed E-state index contributed by atoms with van der Waals surface area (Å²) in [6.45, 7) is 5.03. The van der Waals surface area contributed by atoms with E-state index in [2.05, 4.69) is 25.1 Å². The van der Waals surface area contributed by atoms with Gasteiger partial charge in [-0.05, 0) is 12.1 Å². The molecule has 0 spiro atoms. The number of rotatable bonds is 2. The maximum absolute atomic E-state index is 5.29. The average molecular weight is 204 g/mol. The van der Waals surface area contributed by atoms with Crippen molar-refractivity contribution in [1.29, 1.82) is 0 Å². The third-order valence-electron chi connectivity index (χ3n) is 3.98. The summed E-state index contributed by atoms with van der Waals surface area (Å²) < 4.78 is 6.52. The van der Waals surface area contributed by atoms with Gasteiger partial charge >= 0.3 is 0 Å². The van der Waals surface area contributed by atoms with Crippen molar-refractivity contribution >= 4 is 5.69 Å². The fraction of sp³-hybridized carbons (Fsp3) is 0.538. The van der Waals surface area contributed by atoms with Crippen LogP contribution in [-0.4, -0.2) is 26.2 Å². The molecule has 2 heteroatoms. The van der Waals surface area contributed by atoms with Gasteiger partial charge in [-0.2, -0.15) is 0 Å². The smallest absolute Gasteiger partial charge is 0.144 e. The van der Waals surface area contributed by atoms with Crippen molar-refractivity contribution in [1.82, 2.24) is 4.48 Å². The molecule has 2 saturated heterocycles. The van der Waals surface area contributed by atoms with Crippen LogP contribution in [-0.2, 0) is 0 Å². The Labute approximate surface area is 91.1 Å². The molecule has 3 rings (SSSR count). The van der Waals surface area contributed by atoms with Gasteiger partial charge in [0.05, 0.1) is 13.7 Å². The van der Waals surface area contributed by atoms with E-state index in [1.807, 2.05) is 6.07 Å². The Balaban J connectivity index is 1.93. The van der Waals surface area contributed by atoms with Crippen molar-refractivity contribution in [2.75, 3.05) is 20.2 Å². The van der Waals surface area contributed by atoms with Gasteiger partial charge in [0.1, 0.15) is 24.0 Å². The van der Waals surface area contributed by atoms with E-state index in [4.69, 9.17) is 4.74 Å². The van der Waals surface area contributed by atoms with E-state index in [0.717, 1.165) is 17.7 Å². The molecule has 0 bridgehead atoms. The predicted octanol–water partition coefficient (Wildman–Crippen LogP) is 2.42. The maximum Gasteiger partial charge on any atom is 0.144 e. The van der Waals surface area contributed by atoms with E-state index in [1.54, 1.807) is 7.11 Å². The highest BCUT2D eigenvalue weighted by atomic mass is 16.5. The molecule has 2 fully saturated rings. The molecule has 0 N–H and O–H groups in total. The van der Waals surface area contributed by atoms with Gasteiger partial charge in [0.15, 0.2) is 0 Å². The van der Waals surface area contributed by atoms with Crippen molar-refractivity contribution in [3.8, 4) is 5.75 Å². The van der Waals surface area contributed by atoms with Gasteiger partial charge in [0, 0.05) is 18.4 Å². The fourth-order valence-corrected chi connectivity index (χ4v) is 3.23. The van der Waals surface area contributed by atoms with E-state index in [-0.39, 0.29) is 0 Å². The summed E-state index contributed by atoms with van der Waals surface area (Å²) in [7, 11) is 1.74. The van der Waals surface area contributed by atoms with E-state index >= 15 is 0 Å². The first-order valence-electron chi connectivity index (χ1n) is 5.76. The molecule has 0 aromatic heterocycles. The summed E-state index contributed by atoms with van der Waals surface area (Å²) in [4.78, 5) is 0. The van der Waals surface area contributed by atoms with Gasteiger partial charge in [0.2, 0.25) is 0 Å². The van der Waals surface area contributed by atoms with Crippen molar-refractivity contribution in [2.45, 2.75) is 19.4 Å². The molecule has 2 nitrogen and oxygen atoms in total. The Morgan fingerprint density at radius 2 is 2.20 bits per heavy atom. The number of nitrogens with zero attached hydrogens (tertiary/aromatic N) is 1. The second kappa shape index (κ2) is 2.99. The van der Waals surface area contributed by atoms with Gasteiger partial charge in [-0.25, -0.2) is 0 Å². The fourth-order valence-electron chi connectivity index (χ4n) is 3.23. The topological polar surface area (TPSA) is 9.23 Å². The normalized spacial score (nSPS) is 37.5. The molecule has 15 heavy (non-hydrogen) atoms. The van der Waals surface area contributed by atoms with Gasteiger partial charge in [-0.3, -0.25) is 4.48 Å². The molecule has 2 aliphatic rings. The minimum Gasteiger partial charge on any atom is -0.497 e. The molecule has 0 radical (unpaired) electrons. The summed E-state index contributed by atoms with van der Waals surface area (Å²) in [5.41, 5.74) is 1.45. The first-order valence-corrected chi connectivity index (χ1v) is 5.76. The van der Waals surface area contributed by atoms with Crippen molar-refractivity contribution < 1.29 is 4.74 Å². The number of methoxy groups -OCH3 is 1. The first-order chi connectivity index (χ1) is 7.24. The monoisotopic (exact) mass is 204 g/mol. The number of benzene rings is 1. The van der Waals surface area contributed by atoms with E-state index in [9.17, 15) is 0 Å². The Morgan fingerprint density at radius 1 is 1.33 bits per heavy atom. The van der Waals surface area contributed by atoms with Crippen LogP contribution in [0.4, 0.5) is 5.69 Å². The molecule has 0 aliphatic carbocycles. The van der Waals surface area contributed by atoms with Crippen LogP contribution < -0.4 is 9.22 Å². The average Bonchev–Trinajstić information content (AvgIpc) is 2.83. The van der Waals surface area contributed by atoms with Gasteiger partial charge in [-0.1, -0.05) is 13.0 Å². The molecule has 1 aromatic carbocycles. The number of hydrogen-bond donors (Lipinski definition) is 0. The number of fused-ring (bicyclic) bond motifs is 1. The Bertz CT molecular complexity index is 390. The van der Waals surface area contributed by atoms with E-state index in [0.29, 0.717) is 0 Å². The third-order valence-corrected chi connectivity index (χ3v) is 3.98. The molecule has 1 aromatic rings. The lowest BCUT2D eigenvalue weighted by atomic mass is 10.1. The summed E-state index contributed by atoms with van der Waals surface area (Å²) in [6, 6.07) is 9.49. The van der Waals surface area contributed by atoms with Crippen LogP contribution in [0.2, 0.25) is 0 Å². The molecule has 2 heterocycles. The highest BCUT2D eigenvalue weighted by Gasteiger charge is 2.62. The Hall–Kier alpha value is -1.02. The second-order valence-corrected chi connectivity index (χ2v) is 5.10. The molecular weight excluding hydrogens is 186 g/mol. The van der Waals surface area contributed by atoms with Crippen molar-refractivity contribution in [3.63, 3.8) is 0 Å². The van der Waals surface area contributed by atoms with Gasteiger partial charge in [0.25, 0.3) is 0 Å². The largest absolute Gasteiger partial charge is 0.497 e. The van der Waals surface area contributed by atoms with Crippen LogP contribution in [0.1, 0.15) is 13.3 Å². The van der Waals surface area contributed by atoms with E-state index in [1.165, 1.54) is 29.7 Å². The molecular formula is C13H18NO+. The van der Waals surface area contributed by atoms with Crippen LogP contribution in [0, 0.1) is 5.92 Å². The number of piperidine rings is 1. The molecule has 2 aliphatic heterocycles. The lowest BCUT2D eigenvalue weighted by molar-refractivity contribution is 0.412. The van der Waals surface area contributed by atoms with Crippen LogP contribution in [0.15, 0.2) is 24.3 Å². The number of ether oxygens (including phenoxy) is 1. The quantitative estimate of drug-likeness (QED) is 0.531. The summed E-state index contributed by atoms with van der Waals surface area (Å²) in [5.74, 6) is 1.88. The third kappa shape index (κ3) is 1.28. The zero-order chi connectivity index (χ0) is 10.5. The summed E-state index contributed by atoms with van der Waals surface area (Å²) in [6.07, 6.45) is 1.40. The van der Waals surface area contributed by atoms with Gasteiger partial charge < -0.3 is 4.74 Å².